The van der Waals surface area contributed by atoms with E-state index >= 15 is 0 Å². The molecule has 0 saturated carbocycles. The van der Waals surface area contributed by atoms with Crippen molar-refractivity contribution < 1.29 is 4.74 Å². The molecule has 1 aromatic heterocycles. The predicted octanol–water partition coefficient (Wildman–Crippen LogP) is 2.98. The fourth-order valence-corrected chi connectivity index (χ4v) is 2.27. The zero-order chi connectivity index (χ0) is 14.9. The van der Waals surface area contributed by atoms with Crippen molar-refractivity contribution in [2.75, 3.05) is 31.7 Å². The molecule has 0 aliphatic heterocycles. The first-order valence-corrected chi connectivity index (χ1v) is 7.33. The van der Waals surface area contributed by atoms with E-state index in [0.29, 0.717) is 6.61 Å². The number of aromatic nitrogens is 1. The number of benzene rings is 1. The topological polar surface area (TPSA) is 37.4 Å². The molecule has 0 aliphatic rings. The number of methoxy groups -OCH3 is 1. The van der Waals surface area contributed by atoms with Gasteiger partial charge >= 0.3 is 0 Å². The van der Waals surface area contributed by atoms with Crippen molar-refractivity contribution in [1.82, 2.24) is 10.3 Å². The summed E-state index contributed by atoms with van der Waals surface area (Å²) in [6, 6.07) is 14.5. The molecule has 0 unspecified atom stereocenters. The zero-order valence-electron chi connectivity index (χ0n) is 12.7. The Morgan fingerprint density at radius 1 is 1.14 bits per heavy atom. The summed E-state index contributed by atoms with van der Waals surface area (Å²) in [5.41, 5.74) is 2.36. The van der Waals surface area contributed by atoms with Crippen LogP contribution in [0.2, 0.25) is 0 Å². The first kappa shape index (κ1) is 15.5. The number of hydrogen-bond acceptors (Lipinski definition) is 4. The lowest BCUT2D eigenvalue weighted by Gasteiger charge is -2.24. The second-order valence-corrected chi connectivity index (χ2v) is 4.74. The number of ether oxygens (including phenoxy) is 1. The van der Waals surface area contributed by atoms with E-state index in [2.05, 4.69) is 52.5 Å². The van der Waals surface area contributed by atoms with Crippen LogP contribution in [0.25, 0.3) is 0 Å². The molecule has 21 heavy (non-hydrogen) atoms. The van der Waals surface area contributed by atoms with Gasteiger partial charge in [0, 0.05) is 44.2 Å². The van der Waals surface area contributed by atoms with Gasteiger partial charge in [0.2, 0.25) is 0 Å². The van der Waals surface area contributed by atoms with Gasteiger partial charge < -0.3 is 15.0 Å². The first-order chi connectivity index (χ1) is 10.4. The third-order valence-corrected chi connectivity index (χ3v) is 3.31. The Labute approximate surface area is 126 Å². The molecule has 1 heterocycles. The summed E-state index contributed by atoms with van der Waals surface area (Å²) >= 11 is 0. The summed E-state index contributed by atoms with van der Waals surface area (Å²) in [5, 5.41) is 3.38. The summed E-state index contributed by atoms with van der Waals surface area (Å²) in [4.78, 5) is 6.81. The van der Waals surface area contributed by atoms with E-state index in [0.717, 1.165) is 31.1 Å². The SMILES string of the molecule is CCN(c1ccccc1)c1ncccc1CNCCOC. The van der Waals surface area contributed by atoms with E-state index in [1.54, 1.807) is 7.11 Å². The average Bonchev–Trinajstić information content (AvgIpc) is 2.55. The molecule has 0 aliphatic carbocycles. The molecule has 0 saturated heterocycles. The molecule has 0 atom stereocenters. The minimum Gasteiger partial charge on any atom is -0.383 e. The summed E-state index contributed by atoms with van der Waals surface area (Å²) < 4.78 is 5.06. The largest absolute Gasteiger partial charge is 0.383 e. The highest BCUT2D eigenvalue weighted by molar-refractivity contribution is 5.62. The molecule has 4 heteroatoms. The van der Waals surface area contributed by atoms with E-state index in [1.165, 1.54) is 5.56 Å². The van der Waals surface area contributed by atoms with Crippen LogP contribution in [0.3, 0.4) is 0 Å². The third-order valence-electron chi connectivity index (χ3n) is 3.31. The number of nitrogens with zero attached hydrogens (tertiary/aromatic N) is 2. The van der Waals surface area contributed by atoms with Crippen LogP contribution < -0.4 is 10.2 Å². The van der Waals surface area contributed by atoms with Crippen LogP contribution >= 0.6 is 0 Å². The Morgan fingerprint density at radius 3 is 2.67 bits per heavy atom. The van der Waals surface area contributed by atoms with Gasteiger partial charge in [-0.25, -0.2) is 4.98 Å². The molecule has 2 aromatic rings. The Morgan fingerprint density at radius 2 is 1.95 bits per heavy atom. The molecular weight excluding hydrogens is 262 g/mol. The number of pyridine rings is 1. The van der Waals surface area contributed by atoms with Crippen LogP contribution in [0.1, 0.15) is 12.5 Å². The van der Waals surface area contributed by atoms with E-state index in [9.17, 15) is 0 Å². The van der Waals surface area contributed by atoms with Crippen molar-refractivity contribution in [3.05, 3.63) is 54.2 Å². The van der Waals surface area contributed by atoms with E-state index in [-0.39, 0.29) is 0 Å². The first-order valence-electron chi connectivity index (χ1n) is 7.33. The van der Waals surface area contributed by atoms with Crippen molar-refractivity contribution in [1.29, 1.82) is 0 Å². The van der Waals surface area contributed by atoms with E-state index in [1.807, 2.05) is 18.3 Å². The average molecular weight is 285 g/mol. The van der Waals surface area contributed by atoms with Crippen LogP contribution in [0.15, 0.2) is 48.7 Å². The number of anilines is 2. The highest BCUT2D eigenvalue weighted by atomic mass is 16.5. The van der Waals surface area contributed by atoms with Crippen molar-refractivity contribution in [2.45, 2.75) is 13.5 Å². The van der Waals surface area contributed by atoms with Gasteiger partial charge in [0.25, 0.3) is 0 Å². The van der Waals surface area contributed by atoms with Gasteiger partial charge in [0.15, 0.2) is 0 Å². The Hall–Kier alpha value is -1.91. The molecular formula is C17H23N3O. The quantitative estimate of drug-likeness (QED) is 0.757. The molecule has 0 bridgehead atoms. The number of nitrogens with one attached hydrogen (secondary N) is 1. The minimum absolute atomic E-state index is 0.714. The summed E-state index contributed by atoms with van der Waals surface area (Å²) in [5.74, 6) is 1.01. The zero-order valence-corrected chi connectivity index (χ0v) is 12.7. The molecule has 112 valence electrons. The van der Waals surface area contributed by atoms with E-state index < -0.39 is 0 Å². The van der Waals surface area contributed by atoms with Crippen LogP contribution in [0.4, 0.5) is 11.5 Å². The lowest BCUT2D eigenvalue weighted by atomic mass is 10.2. The Bertz CT molecular complexity index is 531. The second-order valence-electron chi connectivity index (χ2n) is 4.74. The summed E-state index contributed by atoms with van der Waals surface area (Å²) in [7, 11) is 1.71. The van der Waals surface area contributed by atoms with Crippen molar-refractivity contribution in [3.63, 3.8) is 0 Å². The molecule has 0 fully saturated rings. The Balaban J connectivity index is 2.17. The van der Waals surface area contributed by atoms with Crippen molar-refractivity contribution in [3.8, 4) is 0 Å². The lowest BCUT2D eigenvalue weighted by Crippen LogP contribution is -2.23. The maximum Gasteiger partial charge on any atom is 0.137 e. The van der Waals surface area contributed by atoms with Gasteiger partial charge in [0.05, 0.1) is 6.61 Å². The van der Waals surface area contributed by atoms with Gasteiger partial charge in [0.1, 0.15) is 5.82 Å². The summed E-state index contributed by atoms with van der Waals surface area (Å²) in [6.07, 6.45) is 1.85. The van der Waals surface area contributed by atoms with Gasteiger partial charge in [-0.2, -0.15) is 0 Å². The predicted molar refractivity (Wildman–Crippen MR) is 86.9 cm³/mol. The van der Waals surface area contributed by atoms with Crippen LogP contribution in [-0.4, -0.2) is 31.8 Å². The maximum atomic E-state index is 5.06. The highest BCUT2D eigenvalue weighted by Crippen LogP contribution is 2.25. The molecule has 0 amide bonds. The third kappa shape index (κ3) is 4.28. The van der Waals surface area contributed by atoms with Crippen molar-refractivity contribution in [2.24, 2.45) is 0 Å². The van der Waals surface area contributed by atoms with Gasteiger partial charge in [-0.05, 0) is 25.1 Å². The molecule has 1 N–H and O–H groups in total. The molecule has 0 spiro atoms. The van der Waals surface area contributed by atoms with Crippen LogP contribution in [-0.2, 0) is 11.3 Å². The number of hydrogen-bond donors (Lipinski definition) is 1. The number of para-hydroxylation sites is 1. The summed E-state index contributed by atoms with van der Waals surface area (Å²) in [6.45, 7) is 5.36. The molecule has 1 aromatic carbocycles. The van der Waals surface area contributed by atoms with Gasteiger partial charge in [-0.15, -0.1) is 0 Å². The number of rotatable bonds is 8. The molecule has 0 radical (unpaired) electrons. The molecule has 4 nitrogen and oxygen atoms in total. The van der Waals surface area contributed by atoms with Crippen LogP contribution in [0, 0.1) is 0 Å². The normalized spacial score (nSPS) is 10.6. The maximum absolute atomic E-state index is 5.06. The van der Waals surface area contributed by atoms with Crippen LogP contribution in [0.5, 0.6) is 0 Å². The van der Waals surface area contributed by atoms with Crippen molar-refractivity contribution >= 4 is 11.5 Å². The van der Waals surface area contributed by atoms with E-state index in [4.69, 9.17) is 4.74 Å². The fourth-order valence-electron chi connectivity index (χ4n) is 2.27. The smallest absolute Gasteiger partial charge is 0.137 e. The lowest BCUT2D eigenvalue weighted by molar-refractivity contribution is 0.199. The minimum atomic E-state index is 0.714. The van der Waals surface area contributed by atoms with Gasteiger partial charge in [-0.1, -0.05) is 24.3 Å². The van der Waals surface area contributed by atoms with Gasteiger partial charge in [-0.3, -0.25) is 0 Å². The monoisotopic (exact) mass is 285 g/mol. The fraction of sp³-hybridized carbons (Fsp3) is 0.353. The highest BCUT2D eigenvalue weighted by Gasteiger charge is 2.12. The second kappa shape index (κ2) is 8.39. The standard InChI is InChI=1S/C17H23N3O/c1-3-20(16-9-5-4-6-10-16)17-15(8-7-11-19-17)14-18-12-13-21-2/h4-11,18H,3,12-14H2,1-2H3. The molecule has 2 rings (SSSR count). The Kier molecular flexibility index (Phi) is 6.19.